The van der Waals surface area contributed by atoms with E-state index in [1.807, 2.05) is 12.4 Å². The van der Waals surface area contributed by atoms with Crippen molar-refractivity contribution in [2.24, 2.45) is 0 Å². The predicted octanol–water partition coefficient (Wildman–Crippen LogP) is 10.3. The third-order valence-electron chi connectivity index (χ3n) is 9.67. The van der Waals surface area contributed by atoms with Gasteiger partial charge in [-0.3, -0.25) is 13.7 Å². The second-order valence-corrected chi connectivity index (χ2v) is 13.9. The molecule has 256 valence electrons. The van der Waals surface area contributed by atoms with E-state index in [-0.39, 0.29) is 0 Å². The molecule has 6 nitrogen and oxygen atoms in total. The van der Waals surface area contributed by atoms with Gasteiger partial charge in [-0.05, 0) is 62.9 Å². The van der Waals surface area contributed by atoms with Crippen molar-refractivity contribution in [1.29, 1.82) is 0 Å². The lowest BCUT2D eigenvalue weighted by Gasteiger charge is -2.21. The number of nitrogens with one attached hydrogen (secondary N) is 1. The minimum absolute atomic E-state index is 0.375. The third-order valence-corrected chi connectivity index (χ3v) is 9.67. The molecule has 1 N–H and O–H groups in total. The maximum Gasteiger partial charge on any atom is 0.268 e. The van der Waals surface area contributed by atoms with Gasteiger partial charge >= 0.3 is 0 Å². The van der Waals surface area contributed by atoms with Crippen molar-refractivity contribution in [2.75, 3.05) is 0 Å². The number of imidazole rings is 3. The fourth-order valence-electron chi connectivity index (χ4n) is 7.14. The van der Waals surface area contributed by atoms with E-state index < -0.39 is 0 Å². The summed E-state index contributed by atoms with van der Waals surface area (Å²) in [5, 5.41) is 0. The highest BCUT2D eigenvalue weighted by Crippen LogP contribution is 2.36. The first-order chi connectivity index (χ1) is 25.4. The Morgan fingerprint density at radius 3 is 1.96 bits per heavy atom. The van der Waals surface area contributed by atoms with Gasteiger partial charge in [-0.15, -0.1) is 0 Å². The number of aromatic nitrogens is 6. The summed E-state index contributed by atoms with van der Waals surface area (Å²) in [5.41, 5.74) is 12.8. The number of benzene rings is 5. The van der Waals surface area contributed by atoms with Crippen LogP contribution >= 0.6 is 0 Å². The Balaban J connectivity index is 1.10. The summed E-state index contributed by atoms with van der Waals surface area (Å²) in [7, 11) is 0. The molecule has 8 rings (SSSR count). The van der Waals surface area contributed by atoms with Crippen molar-refractivity contribution in [3.8, 4) is 51.0 Å². The van der Waals surface area contributed by atoms with Gasteiger partial charge in [0.2, 0.25) is 0 Å². The number of aromatic amines is 1. The van der Waals surface area contributed by atoms with Crippen molar-refractivity contribution in [3.63, 3.8) is 0 Å². The summed E-state index contributed by atoms with van der Waals surface area (Å²) in [6.45, 7) is 8.98. The minimum Gasteiger partial charge on any atom is -0.339 e. The largest absolute Gasteiger partial charge is 0.339 e. The second kappa shape index (κ2) is 14.2. The van der Waals surface area contributed by atoms with Crippen LogP contribution < -0.4 is 4.57 Å². The maximum absolute atomic E-state index is 4.82. The average molecular weight is 679 g/mol. The molecule has 6 heteroatoms. The molecule has 3 aromatic heterocycles. The standard InChI is InChI=1S/C46H42N6/c1-32(2)39-20-12-21-40(33(3)4)44(39)52-25-24-47-46(52)45-48-30-37(49-45)28-34-14-11-19-38(29-34)50-26-27-51(31-50)43-41(35-15-7-5-8-16-35)22-13-23-42(43)36-17-9-6-10-18-36/h5-27,29-30,32-33H,28H2,1-4H3,(H,48,49). The van der Waals surface area contributed by atoms with Crippen LogP contribution in [0.15, 0.2) is 152 Å². The van der Waals surface area contributed by atoms with Gasteiger partial charge in [0, 0.05) is 43.1 Å². The molecule has 5 aromatic carbocycles. The first-order valence-corrected chi connectivity index (χ1v) is 18.0. The molecule has 0 unspecified atom stereocenters. The molecule has 0 aliphatic heterocycles. The van der Waals surface area contributed by atoms with Crippen LogP contribution in [-0.2, 0) is 6.42 Å². The van der Waals surface area contributed by atoms with Crippen molar-refractivity contribution in [3.05, 3.63) is 181 Å². The molecule has 0 aliphatic rings. The van der Waals surface area contributed by atoms with Crippen LogP contribution in [-0.4, -0.2) is 24.1 Å². The lowest BCUT2D eigenvalue weighted by molar-refractivity contribution is -0.599. The van der Waals surface area contributed by atoms with Crippen molar-refractivity contribution >= 4 is 0 Å². The van der Waals surface area contributed by atoms with Crippen LogP contribution in [0.25, 0.3) is 51.0 Å². The summed E-state index contributed by atoms with van der Waals surface area (Å²) < 4.78 is 6.38. The zero-order valence-corrected chi connectivity index (χ0v) is 30.0. The molecule has 0 saturated carbocycles. The lowest BCUT2D eigenvalue weighted by Crippen LogP contribution is -2.28. The van der Waals surface area contributed by atoms with E-state index in [9.17, 15) is 0 Å². The number of hydrogen-bond acceptors (Lipinski definition) is 2. The molecule has 0 saturated heterocycles. The van der Waals surface area contributed by atoms with Crippen LogP contribution in [0.4, 0.5) is 0 Å². The first kappa shape index (κ1) is 32.9. The molecular formula is C46H42N6. The topological polar surface area (TPSA) is 55.3 Å². The van der Waals surface area contributed by atoms with Gasteiger partial charge in [0.15, 0.2) is 11.6 Å². The van der Waals surface area contributed by atoms with Crippen molar-refractivity contribution < 1.29 is 4.57 Å². The van der Waals surface area contributed by atoms with Crippen LogP contribution in [0.5, 0.6) is 0 Å². The molecule has 0 radical (unpaired) electrons. The predicted molar refractivity (Wildman–Crippen MR) is 209 cm³/mol. The highest BCUT2D eigenvalue weighted by molar-refractivity contribution is 5.85. The molecule has 0 fully saturated rings. The summed E-state index contributed by atoms with van der Waals surface area (Å²) in [6, 6.07) is 42.9. The van der Waals surface area contributed by atoms with Crippen LogP contribution in [0.3, 0.4) is 0 Å². The number of para-hydroxylation sites is 2. The van der Waals surface area contributed by atoms with Crippen LogP contribution in [0, 0.1) is 6.33 Å². The maximum atomic E-state index is 4.82. The van der Waals surface area contributed by atoms with Gasteiger partial charge in [-0.2, -0.15) is 0 Å². The van der Waals surface area contributed by atoms with Gasteiger partial charge in [0.25, 0.3) is 6.33 Å². The zero-order chi connectivity index (χ0) is 35.6. The highest BCUT2D eigenvalue weighted by Gasteiger charge is 2.20. The fourth-order valence-corrected chi connectivity index (χ4v) is 7.14. The zero-order valence-electron chi connectivity index (χ0n) is 30.0. The molecule has 0 spiro atoms. The second-order valence-electron chi connectivity index (χ2n) is 13.9. The molecule has 0 atom stereocenters. The summed E-state index contributed by atoms with van der Waals surface area (Å²) in [6.07, 6.45) is 14.3. The number of nitrogens with zero attached hydrogens (tertiary/aromatic N) is 5. The van der Waals surface area contributed by atoms with E-state index >= 15 is 0 Å². The summed E-state index contributed by atoms with van der Waals surface area (Å²) >= 11 is 0. The Morgan fingerprint density at radius 2 is 1.31 bits per heavy atom. The smallest absolute Gasteiger partial charge is 0.268 e. The SMILES string of the molecule is CC(C)c1cccc(C(C)C)c1-n1ccnc1-c1ncc(Cc2cccc(-[n+]3[c-]n(-c4c(-c5ccccc5)cccc4-c4ccccc4)cc3)c2)[nH]1. The summed E-state index contributed by atoms with van der Waals surface area (Å²) in [4.78, 5) is 13.2. The van der Waals surface area contributed by atoms with E-state index in [0.29, 0.717) is 18.3 Å². The van der Waals surface area contributed by atoms with E-state index in [2.05, 4.69) is 193 Å². The van der Waals surface area contributed by atoms with E-state index in [0.717, 1.165) is 51.0 Å². The Bertz CT molecular complexity index is 2360. The molecule has 52 heavy (non-hydrogen) atoms. The quantitative estimate of drug-likeness (QED) is 0.116. The molecular weight excluding hydrogens is 637 g/mol. The Labute approximate surface area is 305 Å². The monoisotopic (exact) mass is 678 g/mol. The fraction of sp³-hybridized carbons (Fsp3) is 0.152. The van der Waals surface area contributed by atoms with Crippen molar-refractivity contribution in [1.82, 2.24) is 24.1 Å². The van der Waals surface area contributed by atoms with Gasteiger partial charge in [-0.1, -0.05) is 137 Å². The van der Waals surface area contributed by atoms with Crippen LogP contribution in [0.2, 0.25) is 0 Å². The average Bonchev–Trinajstić information content (AvgIpc) is 3.97. The highest BCUT2D eigenvalue weighted by atomic mass is 15.1. The molecule has 0 bridgehead atoms. The molecule has 0 aliphatic carbocycles. The van der Waals surface area contributed by atoms with E-state index in [1.165, 1.54) is 22.4 Å². The van der Waals surface area contributed by atoms with E-state index in [1.54, 1.807) is 0 Å². The minimum atomic E-state index is 0.375. The number of H-pyrrole nitrogens is 1. The Hall–Kier alpha value is -6.27. The molecule has 8 aromatic rings. The Kier molecular flexibility index (Phi) is 8.96. The normalized spacial score (nSPS) is 11.5. The summed E-state index contributed by atoms with van der Waals surface area (Å²) in [5.74, 6) is 2.32. The van der Waals surface area contributed by atoms with Gasteiger partial charge < -0.3 is 4.98 Å². The number of rotatable bonds is 10. The first-order valence-electron chi connectivity index (χ1n) is 18.0. The van der Waals surface area contributed by atoms with Crippen LogP contribution in [0.1, 0.15) is 61.9 Å². The third kappa shape index (κ3) is 6.40. The van der Waals surface area contributed by atoms with Crippen molar-refractivity contribution in [2.45, 2.75) is 46.0 Å². The van der Waals surface area contributed by atoms with Gasteiger partial charge in [0.1, 0.15) is 0 Å². The van der Waals surface area contributed by atoms with Gasteiger partial charge in [-0.25, -0.2) is 9.97 Å². The molecule has 3 heterocycles. The number of hydrogen-bond donors (Lipinski definition) is 1. The Morgan fingerprint density at radius 1 is 0.673 bits per heavy atom. The molecule has 0 amide bonds. The lowest BCUT2D eigenvalue weighted by atomic mass is 9.92. The van der Waals surface area contributed by atoms with Gasteiger partial charge in [0.05, 0.1) is 17.1 Å². The van der Waals surface area contributed by atoms with E-state index in [4.69, 9.17) is 9.97 Å².